The van der Waals surface area contributed by atoms with E-state index in [9.17, 15) is 9.59 Å². The number of aromatic nitrogens is 2. The molecule has 1 aromatic heterocycles. The van der Waals surface area contributed by atoms with E-state index in [1.165, 1.54) is 0 Å². The molecule has 142 valence electrons. The Balaban J connectivity index is 1.44. The van der Waals surface area contributed by atoms with Crippen LogP contribution in [0.5, 0.6) is 0 Å². The number of hydrogen-bond acceptors (Lipinski definition) is 5. The summed E-state index contributed by atoms with van der Waals surface area (Å²) in [6, 6.07) is 6.91. The molecule has 27 heavy (non-hydrogen) atoms. The van der Waals surface area contributed by atoms with Crippen LogP contribution >= 0.6 is 0 Å². The van der Waals surface area contributed by atoms with Crippen molar-refractivity contribution in [2.75, 3.05) is 19.7 Å². The van der Waals surface area contributed by atoms with Crippen LogP contribution in [0.15, 0.2) is 36.7 Å². The van der Waals surface area contributed by atoms with Crippen LogP contribution in [0.4, 0.5) is 0 Å². The summed E-state index contributed by atoms with van der Waals surface area (Å²) in [4.78, 5) is 31.9. The number of carbonyl (C=O) groups excluding carboxylic acids is 1. The van der Waals surface area contributed by atoms with Gasteiger partial charge in [-0.3, -0.25) is 9.69 Å². The maximum atomic E-state index is 12.4. The Labute approximate surface area is 157 Å². The van der Waals surface area contributed by atoms with E-state index in [1.54, 1.807) is 18.3 Å². The fourth-order valence-electron chi connectivity index (χ4n) is 3.79. The van der Waals surface area contributed by atoms with Crippen LogP contribution in [0.25, 0.3) is 0 Å². The lowest BCUT2D eigenvalue weighted by atomic mass is 10.1. The van der Waals surface area contributed by atoms with E-state index in [0.29, 0.717) is 13.1 Å². The number of rotatable bonds is 5. The zero-order valence-corrected chi connectivity index (χ0v) is 15.1. The lowest BCUT2D eigenvalue weighted by Crippen LogP contribution is -2.53. The van der Waals surface area contributed by atoms with Crippen LogP contribution < -0.4 is 0 Å². The average Bonchev–Trinajstić information content (AvgIpc) is 3.24. The van der Waals surface area contributed by atoms with Gasteiger partial charge in [0.15, 0.2) is 0 Å². The molecule has 1 aromatic carbocycles. The van der Waals surface area contributed by atoms with Crippen molar-refractivity contribution in [3.63, 3.8) is 0 Å². The van der Waals surface area contributed by atoms with Gasteiger partial charge in [0.1, 0.15) is 12.4 Å². The van der Waals surface area contributed by atoms with E-state index < -0.39 is 5.97 Å². The summed E-state index contributed by atoms with van der Waals surface area (Å²) in [5, 5.41) is 9.01. The highest BCUT2D eigenvalue weighted by Crippen LogP contribution is 2.26. The third-order valence-corrected chi connectivity index (χ3v) is 5.29. The van der Waals surface area contributed by atoms with Crippen molar-refractivity contribution in [1.29, 1.82) is 0 Å². The number of fused-ring (bicyclic) bond motifs is 1. The van der Waals surface area contributed by atoms with Crippen molar-refractivity contribution in [1.82, 2.24) is 19.4 Å². The molecule has 0 aliphatic carbocycles. The number of carboxylic acids is 1. The van der Waals surface area contributed by atoms with Crippen LogP contribution in [0.2, 0.25) is 0 Å². The highest BCUT2D eigenvalue weighted by molar-refractivity contribution is 5.87. The molecule has 8 heteroatoms. The first kappa shape index (κ1) is 17.7. The summed E-state index contributed by atoms with van der Waals surface area (Å²) in [5.74, 6) is -0.0794. The number of nitrogens with zero attached hydrogens (tertiary/aromatic N) is 4. The Morgan fingerprint density at radius 3 is 2.70 bits per heavy atom. The smallest absolute Gasteiger partial charge is 0.335 e. The maximum absolute atomic E-state index is 12.4. The molecule has 1 N–H and O–H groups in total. The minimum atomic E-state index is -0.925. The Hall–Kier alpha value is -2.71. The monoisotopic (exact) mass is 370 g/mol. The van der Waals surface area contributed by atoms with Gasteiger partial charge in [-0.15, -0.1) is 0 Å². The first-order valence-corrected chi connectivity index (χ1v) is 8.93. The Kier molecular flexibility index (Phi) is 4.67. The van der Waals surface area contributed by atoms with Gasteiger partial charge in [0.05, 0.1) is 24.3 Å². The lowest BCUT2D eigenvalue weighted by molar-refractivity contribution is -0.154. The van der Waals surface area contributed by atoms with Crippen molar-refractivity contribution in [2.24, 2.45) is 7.05 Å². The number of aryl methyl sites for hydroxylation is 1. The van der Waals surface area contributed by atoms with Gasteiger partial charge in [-0.2, -0.15) is 0 Å². The summed E-state index contributed by atoms with van der Waals surface area (Å²) in [7, 11) is 1.92. The van der Waals surface area contributed by atoms with Crippen molar-refractivity contribution < 1.29 is 19.4 Å². The quantitative estimate of drug-likeness (QED) is 0.835. The molecule has 3 heterocycles. The van der Waals surface area contributed by atoms with Gasteiger partial charge in [-0.25, -0.2) is 9.78 Å². The van der Waals surface area contributed by atoms with Gasteiger partial charge in [0.2, 0.25) is 5.91 Å². The Morgan fingerprint density at radius 2 is 2.04 bits per heavy atom. The van der Waals surface area contributed by atoms with Crippen LogP contribution in [0.3, 0.4) is 0 Å². The zero-order valence-electron chi connectivity index (χ0n) is 15.1. The van der Waals surface area contributed by atoms with E-state index >= 15 is 0 Å². The Morgan fingerprint density at radius 1 is 1.26 bits per heavy atom. The number of morpholine rings is 1. The van der Waals surface area contributed by atoms with Crippen molar-refractivity contribution in [3.8, 4) is 0 Å². The maximum Gasteiger partial charge on any atom is 0.335 e. The second kappa shape index (κ2) is 7.13. The molecule has 0 saturated carbocycles. The molecule has 0 radical (unpaired) electrons. The number of hydrogen-bond donors (Lipinski definition) is 1. The van der Waals surface area contributed by atoms with Gasteiger partial charge in [-0.05, 0) is 17.7 Å². The second-order valence-corrected chi connectivity index (χ2v) is 7.09. The molecule has 1 amide bonds. The fraction of sp³-hybridized carbons (Fsp3) is 0.421. The van der Waals surface area contributed by atoms with Crippen LogP contribution in [-0.4, -0.2) is 68.2 Å². The topological polar surface area (TPSA) is 87.9 Å². The predicted octanol–water partition coefficient (Wildman–Crippen LogP) is 0.730. The molecule has 2 saturated heterocycles. The van der Waals surface area contributed by atoms with Crippen LogP contribution in [-0.2, 0) is 29.7 Å². The second-order valence-electron chi connectivity index (χ2n) is 7.09. The normalized spacial score (nSPS) is 22.9. The molecule has 0 spiro atoms. The third kappa shape index (κ3) is 3.58. The van der Waals surface area contributed by atoms with Gasteiger partial charge in [0, 0.05) is 39.1 Å². The molecular weight excluding hydrogens is 348 g/mol. The van der Waals surface area contributed by atoms with E-state index in [-0.39, 0.29) is 30.2 Å². The van der Waals surface area contributed by atoms with Crippen LogP contribution in [0.1, 0.15) is 21.7 Å². The molecule has 2 aliphatic heterocycles. The first-order chi connectivity index (χ1) is 13.0. The van der Waals surface area contributed by atoms with Crippen molar-refractivity contribution >= 4 is 11.9 Å². The minimum absolute atomic E-state index is 0.00115. The fourth-order valence-corrected chi connectivity index (χ4v) is 3.79. The van der Waals surface area contributed by atoms with E-state index in [4.69, 9.17) is 9.84 Å². The molecule has 0 bridgehead atoms. The molecule has 4 rings (SSSR count). The lowest BCUT2D eigenvalue weighted by Gasteiger charge is -2.36. The largest absolute Gasteiger partial charge is 0.478 e. The average molecular weight is 370 g/mol. The number of carboxylic acid groups (broad SMARTS) is 1. The number of benzene rings is 1. The number of imidazole rings is 1. The highest BCUT2D eigenvalue weighted by atomic mass is 16.5. The molecule has 2 aromatic rings. The molecule has 2 unspecified atom stereocenters. The summed E-state index contributed by atoms with van der Waals surface area (Å²) < 4.78 is 7.70. The molecule has 2 aliphatic rings. The third-order valence-electron chi connectivity index (χ3n) is 5.29. The molecule has 8 nitrogen and oxygen atoms in total. The van der Waals surface area contributed by atoms with Gasteiger partial charge in [-0.1, -0.05) is 12.1 Å². The van der Waals surface area contributed by atoms with Crippen LogP contribution in [0, 0.1) is 0 Å². The first-order valence-electron chi connectivity index (χ1n) is 8.93. The Bertz CT molecular complexity index is 848. The van der Waals surface area contributed by atoms with Gasteiger partial charge in [0.25, 0.3) is 0 Å². The summed E-state index contributed by atoms with van der Waals surface area (Å²) in [6.45, 7) is 2.75. The highest BCUT2D eigenvalue weighted by Gasteiger charge is 2.43. The van der Waals surface area contributed by atoms with Gasteiger partial charge < -0.3 is 19.3 Å². The van der Waals surface area contributed by atoms with Crippen molar-refractivity contribution in [3.05, 3.63) is 53.6 Å². The summed E-state index contributed by atoms with van der Waals surface area (Å²) >= 11 is 0. The predicted molar refractivity (Wildman–Crippen MR) is 96.0 cm³/mol. The number of carbonyl (C=O) groups is 2. The van der Waals surface area contributed by atoms with Crippen molar-refractivity contribution in [2.45, 2.75) is 25.2 Å². The van der Waals surface area contributed by atoms with Gasteiger partial charge >= 0.3 is 5.97 Å². The number of ether oxygens (including phenoxy) is 1. The SMILES string of the molecule is Cn1ccnc1CN1C(=O)COC2CN(Cc3ccc(C(=O)O)cc3)CC21. The zero-order chi connectivity index (χ0) is 19.0. The number of likely N-dealkylation sites (tertiary alicyclic amines) is 1. The molecular formula is C19H22N4O4. The minimum Gasteiger partial charge on any atom is -0.478 e. The number of amides is 1. The standard InChI is InChI=1S/C19H22N4O4/c1-21-7-6-20-17(21)11-23-15-9-22(10-16(15)27-12-18(23)24)8-13-2-4-14(5-3-13)19(25)26/h2-7,15-16H,8-12H2,1H3,(H,25,26). The van der Waals surface area contributed by atoms with E-state index in [1.807, 2.05) is 34.8 Å². The van der Waals surface area contributed by atoms with E-state index in [2.05, 4.69) is 9.88 Å². The molecule has 2 atom stereocenters. The summed E-state index contributed by atoms with van der Waals surface area (Å²) in [5.41, 5.74) is 1.32. The summed E-state index contributed by atoms with van der Waals surface area (Å²) in [6.07, 6.45) is 3.60. The number of aromatic carboxylic acids is 1. The van der Waals surface area contributed by atoms with E-state index in [0.717, 1.165) is 24.5 Å². The molecule has 2 fully saturated rings.